The van der Waals surface area contributed by atoms with Gasteiger partial charge in [-0.1, -0.05) is 37.3 Å². The third kappa shape index (κ3) is 4.64. The van der Waals surface area contributed by atoms with E-state index in [4.69, 9.17) is 0 Å². The van der Waals surface area contributed by atoms with Gasteiger partial charge >= 0.3 is 16.4 Å². The Labute approximate surface area is 131 Å². The van der Waals surface area contributed by atoms with E-state index in [9.17, 15) is 32.6 Å². The summed E-state index contributed by atoms with van der Waals surface area (Å²) in [6.45, 7) is 0. The van der Waals surface area contributed by atoms with Crippen LogP contribution in [-0.2, 0) is 6.18 Å². The zero-order valence-electron chi connectivity index (χ0n) is 11.6. The molecule has 0 atom stereocenters. The van der Waals surface area contributed by atoms with Crippen LogP contribution in [0.1, 0.15) is 16.7 Å². The summed E-state index contributed by atoms with van der Waals surface area (Å²) in [6, 6.07) is 5.87. The first kappa shape index (κ1) is 18.1. The Bertz CT molecular complexity index is 821. The molecule has 0 N–H and O–H groups in total. The van der Waals surface area contributed by atoms with E-state index in [1.165, 1.54) is 6.07 Å². The average molecular weight is 372 g/mol. The zero-order valence-corrected chi connectivity index (χ0v) is 12.4. The van der Waals surface area contributed by atoms with Gasteiger partial charge < -0.3 is 0 Å². The van der Waals surface area contributed by atoms with E-state index in [0.717, 1.165) is 30.3 Å². The zero-order chi connectivity index (χ0) is 18.3. The first-order valence-electron chi connectivity index (χ1n) is 6.19. The third-order valence-electron chi connectivity index (χ3n) is 2.84. The van der Waals surface area contributed by atoms with Crippen molar-refractivity contribution in [3.05, 3.63) is 65.2 Å². The molecule has 24 heavy (non-hydrogen) atoms. The highest BCUT2D eigenvalue weighted by atomic mass is 32.5. The fourth-order valence-corrected chi connectivity index (χ4v) is 2.36. The van der Waals surface area contributed by atoms with Gasteiger partial charge in [-0.15, -0.1) is 0 Å². The molecule has 2 aromatic carbocycles. The number of halogens is 8. The van der Waals surface area contributed by atoms with Gasteiger partial charge in [0.25, 0.3) is 0 Å². The minimum absolute atomic E-state index is 0.0124. The van der Waals surface area contributed by atoms with E-state index in [1.807, 2.05) is 0 Å². The summed E-state index contributed by atoms with van der Waals surface area (Å²) in [7, 11) is -9.75. The van der Waals surface area contributed by atoms with Crippen LogP contribution in [0.15, 0.2) is 53.4 Å². The summed E-state index contributed by atoms with van der Waals surface area (Å²) < 4.78 is 100. The molecule has 0 spiro atoms. The van der Waals surface area contributed by atoms with Crippen molar-refractivity contribution in [3.63, 3.8) is 0 Å². The van der Waals surface area contributed by atoms with Gasteiger partial charge in [0.1, 0.15) is 4.90 Å². The summed E-state index contributed by atoms with van der Waals surface area (Å²) in [5.41, 5.74) is -0.981. The monoisotopic (exact) mass is 372 g/mol. The van der Waals surface area contributed by atoms with E-state index < -0.39 is 26.9 Å². The molecular formula is C15H8F8S. The Balaban J connectivity index is 2.31. The highest BCUT2D eigenvalue weighted by Crippen LogP contribution is 3.02. The van der Waals surface area contributed by atoms with Crippen LogP contribution >= 0.6 is 10.2 Å². The maximum Gasteiger partial charge on any atom is 0.416 e. The van der Waals surface area contributed by atoms with Gasteiger partial charge in [0.15, 0.2) is 0 Å². The molecule has 0 heterocycles. The maximum absolute atomic E-state index is 12.5. The highest BCUT2D eigenvalue weighted by molar-refractivity contribution is 8.45. The average Bonchev–Trinajstić information content (AvgIpc) is 2.42. The fraction of sp³-hybridized carbons (Fsp3) is 0.0667. The van der Waals surface area contributed by atoms with Crippen LogP contribution in [-0.4, -0.2) is 0 Å². The highest BCUT2D eigenvalue weighted by Gasteiger charge is 2.65. The molecule has 0 fully saturated rings. The summed E-state index contributed by atoms with van der Waals surface area (Å²) in [5, 5.41) is 0. The quantitative estimate of drug-likeness (QED) is 0.383. The van der Waals surface area contributed by atoms with Gasteiger partial charge in [0.2, 0.25) is 0 Å². The van der Waals surface area contributed by atoms with Gasteiger partial charge in [0, 0.05) is 11.1 Å². The molecule has 0 saturated heterocycles. The number of hydrogen-bond donors (Lipinski definition) is 0. The van der Waals surface area contributed by atoms with Crippen LogP contribution in [0.2, 0.25) is 0 Å². The minimum Gasteiger partial charge on any atom is -0.166 e. The topological polar surface area (TPSA) is 0 Å². The smallest absolute Gasteiger partial charge is 0.166 e. The first-order chi connectivity index (χ1) is 10.6. The molecule has 130 valence electrons. The van der Waals surface area contributed by atoms with Gasteiger partial charge in [-0.05, 0) is 42.5 Å². The Morgan fingerprint density at radius 1 is 0.708 bits per heavy atom. The molecule has 0 nitrogen and oxygen atoms in total. The minimum atomic E-state index is -9.75. The molecule has 0 amide bonds. The van der Waals surface area contributed by atoms with Crippen molar-refractivity contribution in [2.24, 2.45) is 0 Å². The van der Waals surface area contributed by atoms with E-state index in [-0.39, 0.29) is 23.3 Å². The van der Waals surface area contributed by atoms with Gasteiger partial charge in [-0.3, -0.25) is 0 Å². The Morgan fingerprint density at radius 2 is 1.25 bits per heavy atom. The summed E-state index contributed by atoms with van der Waals surface area (Å²) in [5.74, 6) is 4.67. The number of hydrogen-bond acceptors (Lipinski definition) is 0. The van der Waals surface area contributed by atoms with E-state index >= 15 is 0 Å². The van der Waals surface area contributed by atoms with Crippen LogP contribution < -0.4 is 0 Å². The molecule has 0 unspecified atom stereocenters. The van der Waals surface area contributed by atoms with Crippen LogP contribution in [0.5, 0.6) is 0 Å². The second kappa shape index (κ2) is 4.89. The van der Waals surface area contributed by atoms with Crippen molar-refractivity contribution in [3.8, 4) is 11.8 Å². The largest absolute Gasteiger partial charge is 0.416 e. The van der Waals surface area contributed by atoms with Crippen LogP contribution in [0, 0.1) is 11.8 Å². The Hall–Kier alpha value is -2.21. The summed E-state index contributed by atoms with van der Waals surface area (Å²) >= 11 is 0. The molecule has 0 bridgehead atoms. The van der Waals surface area contributed by atoms with Crippen molar-refractivity contribution in [1.82, 2.24) is 0 Å². The predicted octanol–water partition coefficient (Wildman–Crippen LogP) is 6.76. The number of benzene rings is 2. The molecule has 0 radical (unpaired) electrons. The van der Waals surface area contributed by atoms with Gasteiger partial charge in [-0.25, -0.2) is 0 Å². The first-order valence-corrected chi connectivity index (χ1v) is 8.14. The molecule has 0 aliphatic heterocycles. The lowest BCUT2D eigenvalue weighted by molar-refractivity contribution is -0.137. The normalized spacial score (nSPS) is 15.0. The second-order valence-electron chi connectivity index (χ2n) is 4.82. The van der Waals surface area contributed by atoms with Crippen molar-refractivity contribution < 1.29 is 32.6 Å². The molecule has 2 rings (SSSR count). The Kier molecular flexibility index (Phi) is 3.70. The Morgan fingerprint density at radius 3 is 1.75 bits per heavy atom. The van der Waals surface area contributed by atoms with Crippen LogP contribution in [0.3, 0.4) is 0 Å². The van der Waals surface area contributed by atoms with E-state index in [0.29, 0.717) is 0 Å². The molecule has 9 heteroatoms. The van der Waals surface area contributed by atoms with Crippen molar-refractivity contribution in [1.29, 1.82) is 0 Å². The lowest BCUT2D eigenvalue weighted by Crippen LogP contribution is -2.05. The van der Waals surface area contributed by atoms with Gasteiger partial charge in [0.05, 0.1) is 5.56 Å². The van der Waals surface area contributed by atoms with Crippen LogP contribution in [0.4, 0.5) is 32.6 Å². The molecule has 0 aromatic heterocycles. The molecule has 0 aliphatic rings. The predicted molar refractivity (Wildman–Crippen MR) is 75.3 cm³/mol. The van der Waals surface area contributed by atoms with E-state index in [2.05, 4.69) is 11.8 Å². The van der Waals surface area contributed by atoms with Crippen LogP contribution in [0.25, 0.3) is 0 Å². The lowest BCUT2D eigenvalue weighted by atomic mass is 10.1. The maximum atomic E-state index is 12.5. The summed E-state index contributed by atoms with van der Waals surface area (Å²) in [4.78, 5) is -2.06. The van der Waals surface area contributed by atoms with Crippen molar-refractivity contribution in [2.45, 2.75) is 11.1 Å². The fourth-order valence-electron chi connectivity index (χ4n) is 1.71. The molecule has 0 saturated carbocycles. The lowest BCUT2D eigenvalue weighted by Gasteiger charge is -2.40. The molecule has 0 aliphatic carbocycles. The van der Waals surface area contributed by atoms with E-state index in [1.54, 1.807) is 0 Å². The number of alkyl halides is 3. The van der Waals surface area contributed by atoms with Crippen molar-refractivity contribution in [2.75, 3.05) is 0 Å². The standard InChI is InChI=1S/C15H8F8S/c16-15(17,18)13-3-1-2-12(10-13)5-4-11-6-8-14(9-7-11)24(19,20,21,22)23/h1-3,6-10H. The van der Waals surface area contributed by atoms with Crippen molar-refractivity contribution >= 4 is 10.2 Å². The second-order valence-corrected chi connectivity index (χ2v) is 7.23. The molecule has 2 aromatic rings. The SMILES string of the molecule is FC(F)(F)c1cccc(C#Cc2ccc(S(F)(F)(F)(F)F)cc2)c1. The third-order valence-corrected chi connectivity index (χ3v) is 4.00. The number of rotatable bonds is 1. The molecular weight excluding hydrogens is 364 g/mol. The van der Waals surface area contributed by atoms with Gasteiger partial charge in [-0.2, -0.15) is 13.2 Å². The summed E-state index contributed by atoms with van der Waals surface area (Å²) in [6.07, 6.45) is -4.55.